The number of aromatic hydroxyl groups is 2. The van der Waals surface area contributed by atoms with Gasteiger partial charge in [0.15, 0.2) is 0 Å². The van der Waals surface area contributed by atoms with Gasteiger partial charge in [0, 0.05) is 0 Å². The van der Waals surface area contributed by atoms with E-state index in [-0.39, 0.29) is 22.6 Å². The summed E-state index contributed by atoms with van der Waals surface area (Å²) in [6.07, 6.45) is 2.77. The predicted octanol–water partition coefficient (Wildman–Crippen LogP) is 2.64. The Kier molecular flexibility index (Phi) is 6.92. The second-order valence-electron chi connectivity index (χ2n) is 6.84. The van der Waals surface area contributed by atoms with E-state index < -0.39 is 11.8 Å². The van der Waals surface area contributed by atoms with Crippen LogP contribution in [0.1, 0.15) is 43.2 Å². The maximum Gasteiger partial charge on any atom is 0.273 e. The summed E-state index contributed by atoms with van der Waals surface area (Å²) in [4.78, 5) is 29.4. The lowest BCUT2D eigenvalue weighted by Gasteiger charge is -2.09. The molecule has 9 heteroatoms. The van der Waals surface area contributed by atoms with E-state index in [1.807, 2.05) is 0 Å². The van der Waals surface area contributed by atoms with Crippen LogP contribution >= 0.6 is 0 Å². The quantitative estimate of drug-likeness (QED) is 0.351. The molecule has 0 spiro atoms. The van der Waals surface area contributed by atoms with E-state index in [0.29, 0.717) is 22.5 Å². The van der Waals surface area contributed by atoms with Gasteiger partial charge < -0.3 is 10.2 Å². The molecule has 3 rings (SSSR count). The van der Waals surface area contributed by atoms with E-state index >= 15 is 0 Å². The van der Waals surface area contributed by atoms with Crippen LogP contribution < -0.4 is 10.9 Å². The number of phenolic OH excluding ortho intramolecular Hbond substituents is 2. The van der Waals surface area contributed by atoms with Crippen molar-refractivity contribution in [3.63, 3.8) is 0 Å². The molecule has 0 atom stereocenters. The van der Waals surface area contributed by atoms with Crippen molar-refractivity contribution in [1.82, 2.24) is 15.8 Å². The lowest BCUT2D eigenvalue weighted by Crippen LogP contribution is -2.23. The van der Waals surface area contributed by atoms with E-state index in [2.05, 4.69) is 26.0 Å². The average Bonchev–Trinajstić information content (AvgIpc) is 2.73. The zero-order chi connectivity index (χ0) is 23.1. The van der Waals surface area contributed by atoms with Gasteiger partial charge in [-0.25, -0.2) is 10.9 Å². The van der Waals surface area contributed by atoms with Gasteiger partial charge in [0.05, 0.1) is 34.9 Å². The third-order valence-electron chi connectivity index (χ3n) is 4.39. The summed E-state index contributed by atoms with van der Waals surface area (Å²) >= 11 is 0. The molecule has 0 aliphatic heterocycles. The second-order valence-corrected chi connectivity index (χ2v) is 6.84. The number of benzene rings is 2. The van der Waals surface area contributed by atoms with Crippen LogP contribution in [0.4, 0.5) is 0 Å². The number of hydrogen-bond donors (Lipinski definition) is 4. The smallest absolute Gasteiger partial charge is 0.273 e. The van der Waals surface area contributed by atoms with Gasteiger partial charge in [0.2, 0.25) is 0 Å². The van der Waals surface area contributed by atoms with Crippen LogP contribution in [0.5, 0.6) is 11.5 Å². The summed E-state index contributed by atoms with van der Waals surface area (Å²) in [7, 11) is 0. The van der Waals surface area contributed by atoms with Crippen molar-refractivity contribution in [1.29, 1.82) is 0 Å². The van der Waals surface area contributed by atoms with Crippen LogP contribution in [0.15, 0.2) is 64.8 Å². The number of nitrogens with one attached hydrogen (secondary N) is 2. The summed E-state index contributed by atoms with van der Waals surface area (Å²) in [6.45, 7) is 3.31. The highest BCUT2D eigenvalue weighted by atomic mass is 16.3. The van der Waals surface area contributed by atoms with Crippen molar-refractivity contribution in [2.45, 2.75) is 13.8 Å². The molecule has 0 aliphatic rings. The van der Waals surface area contributed by atoms with E-state index in [9.17, 15) is 19.8 Å². The van der Waals surface area contributed by atoms with Crippen LogP contribution in [-0.2, 0) is 0 Å². The SMILES string of the molecule is Cc1nc(C)c(C(=O)N/N=C\c2cccc(O)c2)cc1C(=O)N/N=C\c1cccc(O)c1. The molecule has 4 N–H and O–H groups in total. The minimum Gasteiger partial charge on any atom is -0.508 e. The van der Waals surface area contributed by atoms with Gasteiger partial charge >= 0.3 is 0 Å². The Hall–Kier alpha value is -4.53. The van der Waals surface area contributed by atoms with E-state index in [0.717, 1.165) is 0 Å². The topological polar surface area (TPSA) is 136 Å². The lowest BCUT2D eigenvalue weighted by molar-refractivity contribution is 0.0954. The number of hydrazone groups is 2. The Morgan fingerprint density at radius 3 is 1.62 bits per heavy atom. The van der Waals surface area contributed by atoms with Gasteiger partial charge in [-0.2, -0.15) is 10.2 Å². The van der Waals surface area contributed by atoms with Crippen LogP contribution in [0.25, 0.3) is 0 Å². The van der Waals surface area contributed by atoms with Crippen LogP contribution in [-0.4, -0.2) is 39.4 Å². The van der Waals surface area contributed by atoms with Crippen LogP contribution in [0.3, 0.4) is 0 Å². The number of pyridine rings is 1. The Balaban J connectivity index is 1.71. The number of nitrogens with zero attached hydrogens (tertiary/aromatic N) is 3. The Bertz CT molecular complexity index is 1130. The highest BCUT2D eigenvalue weighted by Crippen LogP contribution is 2.14. The zero-order valence-electron chi connectivity index (χ0n) is 17.4. The van der Waals surface area contributed by atoms with Crippen molar-refractivity contribution in [2.24, 2.45) is 10.2 Å². The molecule has 162 valence electrons. The predicted molar refractivity (Wildman–Crippen MR) is 120 cm³/mol. The van der Waals surface area contributed by atoms with Crippen LogP contribution in [0.2, 0.25) is 0 Å². The van der Waals surface area contributed by atoms with Gasteiger partial charge in [0.1, 0.15) is 11.5 Å². The first-order valence-corrected chi connectivity index (χ1v) is 9.56. The largest absolute Gasteiger partial charge is 0.508 e. The summed E-state index contributed by atoms with van der Waals surface area (Å²) in [6, 6.07) is 14.2. The first-order valence-electron chi connectivity index (χ1n) is 9.56. The first kappa shape index (κ1) is 22.2. The van der Waals surface area contributed by atoms with E-state index in [1.165, 1.54) is 42.8 Å². The van der Waals surface area contributed by atoms with Crippen molar-refractivity contribution in [2.75, 3.05) is 0 Å². The standard InChI is InChI=1S/C23H21N5O4/c1-14-20(22(31)27-24-12-16-5-3-7-18(29)9-16)11-21(15(2)26-14)23(32)28-25-13-17-6-4-8-19(30)10-17/h3-13,29-30H,1-2H3,(H,27,31)(H,28,32)/b24-12-,25-13-. The number of hydrogen-bond acceptors (Lipinski definition) is 7. The molecule has 2 aromatic carbocycles. The fourth-order valence-electron chi connectivity index (χ4n) is 2.85. The molecule has 0 fully saturated rings. The van der Waals surface area contributed by atoms with Gasteiger partial charge in [-0.3, -0.25) is 14.6 Å². The minimum atomic E-state index is -0.538. The molecule has 32 heavy (non-hydrogen) atoms. The molecular weight excluding hydrogens is 410 g/mol. The molecule has 0 aliphatic carbocycles. The molecule has 0 saturated heterocycles. The van der Waals surface area contributed by atoms with Gasteiger partial charge in [0.25, 0.3) is 11.8 Å². The molecule has 9 nitrogen and oxygen atoms in total. The maximum absolute atomic E-state index is 12.5. The average molecular weight is 431 g/mol. The van der Waals surface area contributed by atoms with E-state index in [4.69, 9.17) is 0 Å². The van der Waals surface area contributed by atoms with Crippen molar-refractivity contribution in [3.05, 3.63) is 88.2 Å². The third kappa shape index (κ3) is 5.76. The number of carbonyl (C=O) groups excluding carboxylic acids is 2. The highest BCUT2D eigenvalue weighted by Gasteiger charge is 2.17. The number of rotatable bonds is 6. The van der Waals surface area contributed by atoms with Gasteiger partial charge in [-0.05, 0) is 55.3 Å². The molecule has 1 heterocycles. The Morgan fingerprint density at radius 1 is 0.781 bits per heavy atom. The minimum absolute atomic E-state index is 0.0845. The molecule has 2 amide bonds. The Morgan fingerprint density at radius 2 is 1.22 bits per heavy atom. The molecule has 1 aromatic heterocycles. The first-order chi connectivity index (χ1) is 15.3. The number of amides is 2. The molecule has 0 radical (unpaired) electrons. The fraction of sp³-hybridized carbons (Fsp3) is 0.0870. The van der Waals surface area contributed by atoms with Crippen molar-refractivity contribution >= 4 is 24.2 Å². The fourth-order valence-corrected chi connectivity index (χ4v) is 2.85. The third-order valence-corrected chi connectivity index (χ3v) is 4.39. The Labute approximate surface area is 184 Å². The van der Waals surface area contributed by atoms with Crippen molar-refractivity contribution in [3.8, 4) is 11.5 Å². The number of aryl methyl sites for hydroxylation is 2. The van der Waals surface area contributed by atoms with Gasteiger partial charge in [-0.1, -0.05) is 24.3 Å². The summed E-state index contributed by atoms with van der Waals surface area (Å²) in [5, 5.41) is 26.7. The summed E-state index contributed by atoms with van der Waals surface area (Å²) in [5.74, 6) is -0.908. The monoisotopic (exact) mass is 431 g/mol. The van der Waals surface area contributed by atoms with Crippen molar-refractivity contribution < 1.29 is 19.8 Å². The molecule has 0 saturated carbocycles. The molecule has 3 aromatic rings. The normalized spacial score (nSPS) is 11.1. The summed E-state index contributed by atoms with van der Waals surface area (Å²) in [5.41, 5.74) is 7.23. The lowest BCUT2D eigenvalue weighted by atomic mass is 10.1. The summed E-state index contributed by atoms with van der Waals surface area (Å²) < 4.78 is 0. The van der Waals surface area contributed by atoms with Gasteiger partial charge in [-0.15, -0.1) is 0 Å². The highest BCUT2D eigenvalue weighted by molar-refractivity contribution is 6.01. The molecular formula is C23H21N5O4. The zero-order valence-corrected chi connectivity index (χ0v) is 17.4. The van der Waals surface area contributed by atoms with Crippen LogP contribution in [0, 0.1) is 13.8 Å². The van der Waals surface area contributed by atoms with E-state index in [1.54, 1.807) is 38.1 Å². The second kappa shape index (κ2) is 9.98. The number of aromatic nitrogens is 1. The maximum atomic E-state index is 12.5. The molecule has 0 bridgehead atoms. The molecule has 0 unspecified atom stereocenters. The number of carbonyl (C=O) groups is 2. The number of phenols is 2.